The second-order valence-electron chi connectivity index (χ2n) is 7.15. The molecule has 1 aromatic heterocycles. The second-order valence-corrected chi connectivity index (χ2v) is 7.15. The summed E-state index contributed by atoms with van der Waals surface area (Å²) in [7, 11) is 2.11. The first-order valence-electron chi connectivity index (χ1n) is 9.06. The predicted molar refractivity (Wildman–Crippen MR) is 87.5 cm³/mol. The van der Waals surface area contributed by atoms with Gasteiger partial charge in [0, 0.05) is 18.7 Å². The van der Waals surface area contributed by atoms with Gasteiger partial charge in [0.1, 0.15) is 0 Å². The molecule has 0 aliphatic heterocycles. The summed E-state index contributed by atoms with van der Waals surface area (Å²) in [5.41, 5.74) is 1.28. The SMILES string of the molecule is CNC(Cc1ccn(C2CCCC2)n1)CC1CCCCC1. The molecule has 0 amide bonds. The second kappa shape index (κ2) is 7.44. The monoisotopic (exact) mass is 289 g/mol. The van der Waals surface area contributed by atoms with Crippen LogP contribution in [0.1, 0.15) is 75.9 Å². The van der Waals surface area contributed by atoms with E-state index in [9.17, 15) is 0 Å². The zero-order valence-electron chi connectivity index (χ0n) is 13.6. The topological polar surface area (TPSA) is 29.9 Å². The van der Waals surface area contributed by atoms with Crippen molar-refractivity contribution in [1.29, 1.82) is 0 Å². The average Bonchev–Trinajstić information content (AvgIpc) is 3.18. The molecule has 21 heavy (non-hydrogen) atoms. The first-order valence-corrected chi connectivity index (χ1v) is 9.06. The molecule has 2 aliphatic rings. The smallest absolute Gasteiger partial charge is 0.0640 e. The molecule has 2 fully saturated rings. The number of hydrogen-bond donors (Lipinski definition) is 1. The van der Waals surface area contributed by atoms with Crippen LogP contribution in [0.15, 0.2) is 12.3 Å². The highest BCUT2D eigenvalue weighted by atomic mass is 15.3. The largest absolute Gasteiger partial charge is 0.317 e. The van der Waals surface area contributed by atoms with Crippen LogP contribution >= 0.6 is 0 Å². The summed E-state index contributed by atoms with van der Waals surface area (Å²) in [6.07, 6.45) is 17.2. The molecule has 0 spiro atoms. The van der Waals surface area contributed by atoms with E-state index >= 15 is 0 Å². The van der Waals surface area contributed by atoms with E-state index in [1.54, 1.807) is 0 Å². The van der Waals surface area contributed by atoms with Crippen LogP contribution in [0.2, 0.25) is 0 Å². The Morgan fingerprint density at radius 1 is 1.14 bits per heavy atom. The summed E-state index contributed by atoms with van der Waals surface area (Å²) in [6.45, 7) is 0. The Morgan fingerprint density at radius 2 is 1.86 bits per heavy atom. The molecule has 118 valence electrons. The van der Waals surface area contributed by atoms with Crippen molar-refractivity contribution >= 4 is 0 Å². The minimum absolute atomic E-state index is 0.597. The third-order valence-electron chi connectivity index (χ3n) is 5.57. The maximum absolute atomic E-state index is 4.85. The van der Waals surface area contributed by atoms with Crippen LogP contribution in [-0.2, 0) is 6.42 Å². The Morgan fingerprint density at radius 3 is 2.57 bits per heavy atom. The van der Waals surface area contributed by atoms with E-state index in [4.69, 9.17) is 5.10 Å². The molecule has 1 unspecified atom stereocenters. The first kappa shape index (κ1) is 15.1. The minimum atomic E-state index is 0.597. The molecule has 3 heteroatoms. The van der Waals surface area contributed by atoms with Gasteiger partial charge in [-0.05, 0) is 38.3 Å². The van der Waals surface area contributed by atoms with Crippen LogP contribution in [0.4, 0.5) is 0 Å². The fourth-order valence-electron chi connectivity index (χ4n) is 4.24. The normalized spacial score (nSPS) is 22.7. The van der Waals surface area contributed by atoms with E-state index in [1.807, 2.05) is 0 Å². The van der Waals surface area contributed by atoms with Crippen molar-refractivity contribution in [2.45, 2.75) is 82.7 Å². The number of aromatic nitrogens is 2. The molecule has 0 aromatic carbocycles. The van der Waals surface area contributed by atoms with Crippen molar-refractivity contribution in [2.24, 2.45) is 5.92 Å². The van der Waals surface area contributed by atoms with Crippen LogP contribution in [0.3, 0.4) is 0 Å². The molecule has 1 atom stereocenters. The fraction of sp³-hybridized carbons (Fsp3) is 0.833. The van der Waals surface area contributed by atoms with Gasteiger partial charge in [-0.15, -0.1) is 0 Å². The average molecular weight is 289 g/mol. The lowest BCUT2D eigenvalue weighted by atomic mass is 9.84. The van der Waals surface area contributed by atoms with Crippen LogP contribution in [-0.4, -0.2) is 22.9 Å². The quantitative estimate of drug-likeness (QED) is 0.854. The molecule has 1 heterocycles. The maximum Gasteiger partial charge on any atom is 0.0640 e. The van der Waals surface area contributed by atoms with E-state index in [0.29, 0.717) is 12.1 Å². The van der Waals surface area contributed by atoms with Gasteiger partial charge in [0.2, 0.25) is 0 Å². The van der Waals surface area contributed by atoms with E-state index in [-0.39, 0.29) is 0 Å². The molecule has 0 bridgehead atoms. The van der Waals surface area contributed by atoms with Crippen LogP contribution in [0, 0.1) is 5.92 Å². The molecular formula is C18H31N3. The third-order valence-corrected chi connectivity index (χ3v) is 5.57. The highest BCUT2D eigenvalue weighted by Gasteiger charge is 2.20. The van der Waals surface area contributed by atoms with Gasteiger partial charge >= 0.3 is 0 Å². The van der Waals surface area contributed by atoms with E-state index in [2.05, 4.69) is 29.3 Å². The van der Waals surface area contributed by atoms with Crippen molar-refractivity contribution in [1.82, 2.24) is 15.1 Å². The minimum Gasteiger partial charge on any atom is -0.317 e. The summed E-state index contributed by atoms with van der Waals surface area (Å²) < 4.78 is 2.23. The van der Waals surface area contributed by atoms with Crippen LogP contribution in [0.25, 0.3) is 0 Å². The van der Waals surface area contributed by atoms with Crippen molar-refractivity contribution in [2.75, 3.05) is 7.05 Å². The Balaban J connectivity index is 1.53. The summed E-state index contributed by atoms with van der Waals surface area (Å²) in [6, 6.07) is 3.51. The van der Waals surface area contributed by atoms with E-state index < -0.39 is 0 Å². The molecule has 1 aromatic rings. The van der Waals surface area contributed by atoms with Gasteiger partial charge < -0.3 is 5.32 Å². The lowest BCUT2D eigenvalue weighted by Crippen LogP contribution is -2.31. The number of nitrogens with one attached hydrogen (secondary N) is 1. The lowest BCUT2D eigenvalue weighted by molar-refractivity contribution is 0.301. The van der Waals surface area contributed by atoms with Gasteiger partial charge in [0.15, 0.2) is 0 Å². The van der Waals surface area contributed by atoms with Gasteiger partial charge in [-0.3, -0.25) is 4.68 Å². The van der Waals surface area contributed by atoms with E-state index in [1.165, 1.54) is 69.9 Å². The van der Waals surface area contributed by atoms with Crippen LogP contribution in [0.5, 0.6) is 0 Å². The van der Waals surface area contributed by atoms with Gasteiger partial charge in [-0.2, -0.15) is 5.10 Å². The Kier molecular flexibility index (Phi) is 5.34. The van der Waals surface area contributed by atoms with Gasteiger partial charge in [0.05, 0.1) is 11.7 Å². The highest BCUT2D eigenvalue weighted by molar-refractivity contribution is 5.03. The van der Waals surface area contributed by atoms with Crippen molar-refractivity contribution in [3.05, 3.63) is 18.0 Å². The summed E-state index contributed by atoms with van der Waals surface area (Å²) in [5, 5.41) is 8.38. The van der Waals surface area contributed by atoms with Crippen LogP contribution < -0.4 is 5.32 Å². The number of hydrogen-bond acceptors (Lipinski definition) is 2. The van der Waals surface area contributed by atoms with Gasteiger partial charge in [-0.1, -0.05) is 44.9 Å². The van der Waals surface area contributed by atoms with E-state index in [0.717, 1.165) is 12.3 Å². The summed E-state index contributed by atoms with van der Waals surface area (Å²) in [4.78, 5) is 0. The molecular weight excluding hydrogens is 258 g/mol. The van der Waals surface area contributed by atoms with Crippen molar-refractivity contribution in [3.8, 4) is 0 Å². The Bertz CT molecular complexity index is 414. The lowest BCUT2D eigenvalue weighted by Gasteiger charge is -2.26. The molecule has 0 radical (unpaired) electrons. The standard InChI is InChI=1S/C18H31N3/c1-19-17(13-15-7-3-2-4-8-15)14-16-11-12-21(20-16)18-9-5-6-10-18/h11-12,15,17-19H,2-10,13-14H2,1H3. The number of nitrogens with zero attached hydrogens (tertiary/aromatic N) is 2. The highest BCUT2D eigenvalue weighted by Crippen LogP contribution is 2.30. The molecule has 2 aliphatic carbocycles. The zero-order chi connectivity index (χ0) is 14.5. The predicted octanol–water partition coefficient (Wildman–Crippen LogP) is 4.10. The molecule has 0 saturated heterocycles. The third kappa shape index (κ3) is 4.09. The maximum atomic E-state index is 4.85. The van der Waals surface area contributed by atoms with Crippen molar-refractivity contribution in [3.63, 3.8) is 0 Å². The molecule has 1 N–H and O–H groups in total. The van der Waals surface area contributed by atoms with Gasteiger partial charge in [-0.25, -0.2) is 0 Å². The summed E-state index contributed by atoms with van der Waals surface area (Å²) in [5.74, 6) is 0.938. The Hall–Kier alpha value is -0.830. The Labute approximate surface area is 129 Å². The fourth-order valence-corrected chi connectivity index (χ4v) is 4.24. The molecule has 3 nitrogen and oxygen atoms in total. The molecule has 3 rings (SSSR count). The number of likely N-dealkylation sites (N-methyl/N-ethyl adjacent to an activating group) is 1. The van der Waals surface area contributed by atoms with Gasteiger partial charge in [0.25, 0.3) is 0 Å². The first-order chi connectivity index (χ1) is 10.3. The summed E-state index contributed by atoms with van der Waals surface area (Å²) >= 11 is 0. The number of rotatable bonds is 6. The zero-order valence-corrected chi connectivity index (χ0v) is 13.6. The van der Waals surface area contributed by atoms with Crippen molar-refractivity contribution < 1.29 is 0 Å². The molecule has 2 saturated carbocycles.